The third-order valence-electron chi connectivity index (χ3n) is 2.29. The van der Waals surface area contributed by atoms with E-state index in [1.54, 1.807) is 0 Å². The lowest BCUT2D eigenvalue weighted by Crippen LogP contribution is -2.40. The van der Waals surface area contributed by atoms with E-state index in [1.165, 1.54) is 0 Å². The molecule has 0 radical (unpaired) electrons. The topological polar surface area (TPSA) is 20.2 Å². The molecule has 1 rings (SSSR count). The number of rotatable bonds is 0. The molecule has 1 aliphatic rings. The molecule has 2 atom stereocenters. The van der Waals surface area contributed by atoms with E-state index >= 15 is 0 Å². The minimum Gasteiger partial charge on any atom is -0.390 e. The van der Waals surface area contributed by atoms with E-state index in [1.807, 2.05) is 6.92 Å². The first-order chi connectivity index (χ1) is 4.81. The van der Waals surface area contributed by atoms with Gasteiger partial charge < -0.3 is 5.11 Å². The summed E-state index contributed by atoms with van der Waals surface area (Å²) in [7, 11) is 0. The van der Waals surface area contributed by atoms with Gasteiger partial charge in [-0.25, -0.2) is 0 Å². The predicted octanol–water partition coefficient (Wildman–Crippen LogP) is 2.55. The molecule has 1 N–H and O–H groups in total. The second kappa shape index (κ2) is 2.63. The summed E-state index contributed by atoms with van der Waals surface area (Å²) in [5.41, 5.74) is -0.345. The average Bonchev–Trinajstić information content (AvgIpc) is 1.49. The van der Waals surface area contributed by atoms with Crippen molar-refractivity contribution in [1.82, 2.24) is 0 Å². The highest BCUT2D eigenvalue weighted by molar-refractivity contribution is 6.20. The molecule has 0 saturated heterocycles. The highest BCUT2D eigenvalue weighted by atomic mass is 35.5. The SMILES string of the molecule is CC1(C)C[C@H](Cl)C[C@@](C)(O)C1. The number of aliphatic hydroxyl groups is 1. The standard InChI is InChI=1S/C9H17ClO/c1-8(2)4-7(10)5-9(3,11)6-8/h7,11H,4-6H2,1-3H3/t7-,9+/m0/s1. The normalized spacial score (nSPS) is 43.9. The van der Waals surface area contributed by atoms with Crippen LogP contribution in [-0.4, -0.2) is 16.1 Å². The molecule has 0 unspecified atom stereocenters. The van der Waals surface area contributed by atoms with Crippen molar-refractivity contribution >= 4 is 11.6 Å². The van der Waals surface area contributed by atoms with Gasteiger partial charge in [0.25, 0.3) is 0 Å². The van der Waals surface area contributed by atoms with Crippen LogP contribution in [0.3, 0.4) is 0 Å². The van der Waals surface area contributed by atoms with Crippen LogP contribution in [0, 0.1) is 5.41 Å². The lowest BCUT2D eigenvalue weighted by molar-refractivity contribution is -0.0212. The van der Waals surface area contributed by atoms with Crippen LogP contribution < -0.4 is 0 Å². The van der Waals surface area contributed by atoms with Crippen molar-refractivity contribution in [3.8, 4) is 0 Å². The Bertz CT molecular complexity index is 136. The highest BCUT2D eigenvalue weighted by Crippen LogP contribution is 2.42. The van der Waals surface area contributed by atoms with Crippen LogP contribution in [0.5, 0.6) is 0 Å². The predicted molar refractivity (Wildman–Crippen MR) is 47.9 cm³/mol. The Morgan fingerprint density at radius 3 is 2.18 bits per heavy atom. The van der Waals surface area contributed by atoms with Gasteiger partial charge >= 0.3 is 0 Å². The molecule has 0 spiro atoms. The van der Waals surface area contributed by atoms with Gasteiger partial charge in [0, 0.05) is 5.38 Å². The van der Waals surface area contributed by atoms with Gasteiger partial charge in [-0.1, -0.05) is 13.8 Å². The van der Waals surface area contributed by atoms with E-state index in [9.17, 15) is 5.11 Å². The number of halogens is 1. The fourth-order valence-corrected chi connectivity index (χ4v) is 3.07. The smallest absolute Gasteiger partial charge is 0.0639 e. The molecule has 11 heavy (non-hydrogen) atoms. The second-order valence-electron chi connectivity index (χ2n) is 4.84. The molecular weight excluding hydrogens is 160 g/mol. The van der Waals surface area contributed by atoms with Gasteiger partial charge in [-0.15, -0.1) is 11.6 Å². The zero-order chi connectivity index (χ0) is 8.70. The van der Waals surface area contributed by atoms with E-state index < -0.39 is 5.60 Å². The summed E-state index contributed by atoms with van der Waals surface area (Å²) in [6.45, 7) is 6.20. The fraction of sp³-hybridized carbons (Fsp3) is 1.00. The maximum Gasteiger partial charge on any atom is 0.0639 e. The van der Waals surface area contributed by atoms with Crippen molar-refractivity contribution in [2.45, 2.75) is 51.0 Å². The van der Waals surface area contributed by atoms with Crippen LogP contribution in [-0.2, 0) is 0 Å². The molecule has 2 heteroatoms. The second-order valence-corrected chi connectivity index (χ2v) is 5.46. The van der Waals surface area contributed by atoms with Gasteiger partial charge in [0.05, 0.1) is 5.60 Å². The summed E-state index contributed by atoms with van der Waals surface area (Å²) >= 11 is 6.03. The van der Waals surface area contributed by atoms with E-state index in [-0.39, 0.29) is 10.8 Å². The van der Waals surface area contributed by atoms with Gasteiger partial charge in [-0.05, 0) is 31.6 Å². The molecule has 0 aliphatic heterocycles. The Balaban J connectivity index is 2.66. The summed E-state index contributed by atoms with van der Waals surface area (Å²) in [6.07, 6.45) is 2.62. The van der Waals surface area contributed by atoms with Gasteiger partial charge in [-0.2, -0.15) is 0 Å². The first-order valence-corrected chi connectivity index (χ1v) is 4.61. The van der Waals surface area contributed by atoms with Crippen LogP contribution in [0.4, 0.5) is 0 Å². The number of alkyl halides is 1. The molecule has 1 nitrogen and oxygen atoms in total. The van der Waals surface area contributed by atoms with E-state index in [4.69, 9.17) is 11.6 Å². The van der Waals surface area contributed by atoms with Gasteiger partial charge in [0.1, 0.15) is 0 Å². The summed E-state index contributed by atoms with van der Waals surface area (Å²) in [5.74, 6) is 0. The summed E-state index contributed by atoms with van der Waals surface area (Å²) in [4.78, 5) is 0. The van der Waals surface area contributed by atoms with Crippen LogP contribution in [0.15, 0.2) is 0 Å². The van der Waals surface area contributed by atoms with Gasteiger partial charge in [-0.3, -0.25) is 0 Å². The molecule has 1 saturated carbocycles. The lowest BCUT2D eigenvalue weighted by atomic mass is 9.70. The average molecular weight is 177 g/mol. The molecule has 1 aliphatic carbocycles. The zero-order valence-electron chi connectivity index (χ0n) is 7.52. The Kier molecular flexibility index (Phi) is 2.24. The third kappa shape index (κ3) is 2.64. The van der Waals surface area contributed by atoms with Crippen LogP contribution in [0.2, 0.25) is 0 Å². The van der Waals surface area contributed by atoms with Crippen molar-refractivity contribution in [3.63, 3.8) is 0 Å². The van der Waals surface area contributed by atoms with Crippen molar-refractivity contribution < 1.29 is 5.11 Å². The first kappa shape index (κ1) is 9.34. The maximum absolute atomic E-state index is 9.80. The molecular formula is C9H17ClO. The Morgan fingerprint density at radius 1 is 1.27 bits per heavy atom. The highest BCUT2D eigenvalue weighted by Gasteiger charge is 2.39. The molecule has 1 fully saturated rings. The summed E-state index contributed by atoms with van der Waals surface area (Å²) < 4.78 is 0. The molecule has 0 aromatic rings. The fourth-order valence-electron chi connectivity index (χ4n) is 2.32. The number of hydrogen-bond acceptors (Lipinski definition) is 1. The Labute approximate surface area is 73.8 Å². The minimum absolute atomic E-state index is 0.147. The Morgan fingerprint density at radius 2 is 1.82 bits per heavy atom. The van der Waals surface area contributed by atoms with E-state index in [0.29, 0.717) is 0 Å². The third-order valence-corrected chi connectivity index (χ3v) is 2.60. The zero-order valence-corrected chi connectivity index (χ0v) is 8.28. The van der Waals surface area contributed by atoms with E-state index in [0.717, 1.165) is 19.3 Å². The van der Waals surface area contributed by atoms with E-state index in [2.05, 4.69) is 13.8 Å². The van der Waals surface area contributed by atoms with Crippen molar-refractivity contribution in [2.75, 3.05) is 0 Å². The summed E-state index contributed by atoms with van der Waals surface area (Å²) in [5, 5.41) is 9.94. The molecule has 0 amide bonds. The largest absolute Gasteiger partial charge is 0.390 e. The van der Waals surface area contributed by atoms with Crippen molar-refractivity contribution in [2.24, 2.45) is 5.41 Å². The van der Waals surface area contributed by atoms with Crippen LogP contribution >= 0.6 is 11.6 Å². The van der Waals surface area contributed by atoms with Crippen LogP contribution in [0.25, 0.3) is 0 Å². The Hall–Kier alpha value is 0.250. The lowest BCUT2D eigenvalue weighted by Gasteiger charge is -2.41. The monoisotopic (exact) mass is 176 g/mol. The maximum atomic E-state index is 9.80. The van der Waals surface area contributed by atoms with Gasteiger partial charge in [0.2, 0.25) is 0 Å². The van der Waals surface area contributed by atoms with Crippen molar-refractivity contribution in [3.05, 3.63) is 0 Å². The minimum atomic E-state index is -0.547. The quantitative estimate of drug-likeness (QED) is 0.563. The van der Waals surface area contributed by atoms with Crippen molar-refractivity contribution in [1.29, 1.82) is 0 Å². The summed E-state index contributed by atoms with van der Waals surface area (Å²) in [6, 6.07) is 0. The molecule has 0 aromatic carbocycles. The molecule has 0 aromatic heterocycles. The molecule has 0 bridgehead atoms. The number of hydrogen-bond donors (Lipinski definition) is 1. The van der Waals surface area contributed by atoms with Crippen LogP contribution in [0.1, 0.15) is 40.0 Å². The van der Waals surface area contributed by atoms with Gasteiger partial charge in [0.15, 0.2) is 0 Å². The molecule has 66 valence electrons. The first-order valence-electron chi connectivity index (χ1n) is 4.17. The molecule has 0 heterocycles.